The Hall–Kier alpha value is -3.12. The third kappa shape index (κ3) is 5.45. The number of hydrogen-bond acceptors (Lipinski definition) is 5. The topological polar surface area (TPSA) is 80.0 Å². The molecule has 1 N–H and O–H groups in total. The maximum Gasteiger partial charge on any atom is 0.335 e. The van der Waals surface area contributed by atoms with Crippen LogP contribution in [-0.2, 0) is 6.42 Å². The lowest BCUT2D eigenvalue weighted by Crippen LogP contribution is -2.21. The van der Waals surface area contributed by atoms with Crippen LogP contribution in [0.4, 0.5) is 0 Å². The number of aryl methyl sites for hydroxylation is 1. The molecule has 2 aromatic carbocycles. The number of carbonyl (C=O) groups excluding carboxylic acids is 1. The van der Waals surface area contributed by atoms with E-state index in [1.54, 1.807) is 18.2 Å². The molecule has 0 atom stereocenters. The smallest absolute Gasteiger partial charge is 0.335 e. The minimum Gasteiger partial charge on any atom is -0.494 e. The Morgan fingerprint density at radius 1 is 1.03 bits per heavy atom. The number of rotatable bonds is 11. The van der Waals surface area contributed by atoms with E-state index in [1.165, 1.54) is 38.1 Å². The highest BCUT2D eigenvalue weighted by Gasteiger charge is 2.23. The van der Waals surface area contributed by atoms with Crippen LogP contribution in [0.15, 0.2) is 46.9 Å². The Kier molecular flexibility index (Phi) is 7.45. The lowest BCUT2D eigenvalue weighted by atomic mass is 9.97. The van der Waals surface area contributed by atoms with Crippen molar-refractivity contribution >= 4 is 22.7 Å². The molecular weight excluding hydrogens is 418 g/mol. The number of carboxylic acids is 1. The third-order valence-electron chi connectivity index (χ3n) is 6.19. The molecule has 3 aromatic rings. The predicted molar refractivity (Wildman–Crippen MR) is 127 cm³/mol. The van der Waals surface area contributed by atoms with Crippen LogP contribution < -0.4 is 4.74 Å². The number of ketones is 1. The number of fused-ring (bicyclic) bond motifs is 1. The van der Waals surface area contributed by atoms with Crippen LogP contribution in [0.3, 0.4) is 0 Å². The van der Waals surface area contributed by atoms with Gasteiger partial charge in [0.15, 0.2) is 5.78 Å². The van der Waals surface area contributed by atoms with Gasteiger partial charge in [-0.05, 0) is 81.2 Å². The quantitative estimate of drug-likeness (QED) is 0.305. The van der Waals surface area contributed by atoms with E-state index in [1.807, 2.05) is 12.1 Å². The van der Waals surface area contributed by atoms with Gasteiger partial charge >= 0.3 is 5.97 Å². The first-order valence-corrected chi connectivity index (χ1v) is 11.9. The van der Waals surface area contributed by atoms with E-state index >= 15 is 0 Å². The molecule has 1 fully saturated rings. The summed E-state index contributed by atoms with van der Waals surface area (Å²) in [4.78, 5) is 27.4. The second-order valence-electron chi connectivity index (χ2n) is 8.62. The van der Waals surface area contributed by atoms with E-state index in [-0.39, 0.29) is 11.3 Å². The summed E-state index contributed by atoms with van der Waals surface area (Å²) < 4.78 is 11.8. The number of furan rings is 1. The Labute approximate surface area is 194 Å². The minimum absolute atomic E-state index is 0.136. The van der Waals surface area contributed by atoms with Crippen LogP contribution in [0.1, 0.15) is 71.1 Å². The van der Waals surface area contributed by atoms with E-state index in [0.717, 1.165) is 31.6 Å². The summed E-state index contributed by atoms with van der Waals surface area (Å²) >= 11 is 0. The number of aromatic carboxylic acids is 1. The molecule has 0 spiro atoms. The van der Waals surface area contributed by atoms with Gasteiger partial charge in [-0.3, -0.25) is 4.79 Å². The van der Waals surface area contributed by atoms with Crippen LogP contribution in [0.25, 0.3) is 11.0 Å². The number of nitrogens with zero attached hydrogens (tertiary/aromatic N) is 1. The summed E-state index contributed by atoms with van der Waals surface area (Å²) in [6.07, 6.45) is 6.05. The van der Waals surface area contributed by atoms with Crippen molar-refractivity contribution in [3.8, 4) is 5.75 Å². The Bertz CT molecular complexity index is 1110. The highest BCUT2D eigenvalue weighted by Crippen LogP contribution is 2.31. The molecule has 2 heterocycles. The van der Waals surface area contributed by atoms with Crippen molar-refractivity contribution in [1.82, 2.24) is 4.90 Å². The molecule has 0 bridgehead atoms. The minimum atomic E-state index is -1.03. The molecule has 0 aliphatic carbocycles. The Morgan fingerprint density at radius 2 is 1.76 bits per heavy atom. The normalized spacial score (nSPS) is 14.1. The van der Waals surface area contributed by atoms with Crippen molar-refractivity contribution < 1.29 is 23.8 Å². The SMILES string of the molecule is CCCCc1oc2ccc(C(=O)O)cc2c1C(=O)c1ccc(OCCCN2CCCC2)cc1. The standard InChI is InChI=1S/C27H31NO5/c1-2-3-7-24-25(22-18-20(27(30)31)10-13-23(22)33-24)26(29)19-8-11-21(12-9-19)32-17-6-16-28-14-4-5-15-28/h8-13,18H,2-7,14-17H2,1H3,(H,30,31). The van der Waals surface area contributed by atoms with Gasteiger partial charge in [0.2, 0.25) is 0 Å². The zero-order valence-electron chi connectivity index (χ0n) is 19.1. The fourth-order valence-corrected chi connectivity index (χ4v) is 4.37. The van der Waals surface area contributed by atoms with Gasteiger partial charge in [0.25, 0.3) is 0 Å². The largest absolute Gasteiger partial charge is 0.494 e. The molecular formula is C27H31NO5. The van der Waals surface area contributed by atoms with E-state index < -0.39 is 5.97 Å². The molecule has 1 aliphatic heterocycles. The number of hydrogen-bond donors (Lipinski definition) is 1. The number of unbranched alkanes of at least 4 members (excludes halogenated alkanes) is 1. The fourth-order valence-electron chi connectivity index (χ4n) is 4.37. The number of benzene rings is 2. The maximum absolute atomic E-state index is 13.5. The fraction of sp³-hybridized carbons (Fsp3) is 0.407. The zero-order chi connectivity index (χ0) is 23.2. The Balaban J connectivity index is 1.50. The van der Waals surface area contributed by atoms with E-state index in [2.05, 4.69) is 11.8 Å². The number of carboxylic acid groups (broad SMARTS) is 1. The highest BCUT2D eigenvalue weighted by atomic mass is 16.5. The van der Waals surface area contributed by atoms with E-state index in [4.69, 9.17) is 9.15 Å². The van der Waals surface area contributed by atoms with Crippen molar-refractivity contribution in [3.05, 3.63) is 64.9 Å². The molecule has 1 aromatic heterocycles. The first-order valence-electron chi connectivity index (χ1n) is 11.9. The Morgan fingerprint density at radius 3 is 2.45 bits per heavy atom. The predicted octanol–water partition coefficient (Wildman–Crippen LogP) is 5.57. The number of likely N-dealkylation sites (tertiary alicyclic amines) is 1. The first-order chi connectivity index (χ1) is 16.1. The van der Waals surface area contributed by atoms with Gasteiger partial charge in [-0.15, -0.1) is 0 Å². The van der Waals surface area contributed by atoms with Gasteiger partial charge in [0.05, 0.1) is 17.7 Å². The number of carbonyl (C=O) groups is 2. The molecule has 6 heteroatoms. The summed E-state index contributed by atoms with van der Waals surface area (Å²) in [5, 5.41) is 9.94. The van der Waals surface area contributed by atoms with Gasteiger partial charge < -0.3 is 19.2 Å². The van der Waals surface area contributed by atoms with Crippen LogP contribution in [-0.4, -0.2) is 48.0 Å². The van der Waals surface area contributed by atoms with Crippen LogP contribution >= 0.6 is 0 Å². The van der Waals surface area contributed by atoms with Crippen molar-refractivity contribution in [2.24, 2.45) is 0 Å². The van der Waals surface area contributed by atoms with Crippen molar-refractivity contribution in [2.75, 3.05) is 26.2 Å². The molecule has 0 amide bonds. The maximum atomic E-state index is 13.5. The lowest BCUT2D eigenvalue weighted by molar-refractivity contribution is 0.0696. The summed E-state index contributed by atoms with van der Waals surface area (Å²) in [5.41, 5.74) is 1.66. The lowest BCUT2D eigenvalue weighted by Gasteiger charge is -2.14. The second kappa shape index (κ2) is 10.7. The van der Waals surface area contributed by atoms with Crippen molar-refractivity contribution in [1.29, 1.82) is 0 Å². The van der Waals surface area contributed by atoms with Gasteiger partial charge in [-0.1, -0.05) is 13.3 Å². The second-order valence-corrected chi connectivity index (χ2v) is 8.62. The highest BCUT2D eigenvalue weighted by molar-refractivity contribution is 6.17. The van der Waals surface area contributed by atoms with E-state index in [0.29, 0.717) is 40.9 Å². The molecule has 0 unspecified atom stereocenters. The van der Waals surface area contributed by atoms with Crippen molar-refractivity contribution in [2.45, 2.75) is 45.4 Å². The third-order valence-corrected chi connectivity index (χ3v) is 6.19. The molecule has 33 heavy (non-hydrogen) atoms. The zero-order valence-corrected chi connectivity index (χ0v) is 19.1. The summed E-state index contributed by atoms with van der Waals surface area (Å²) in [7, 11) is 0. The van der Waals surface area contributed by atoms with Crippen LogP contribution in [0.2, 0.25) is 0 Å². The average molecular weight is 450 g/mol. The molecule has 174 valence electrons. The summed E-state index contributed by atoms with van der Waals surface area (Å²) in [5.74, 6) is 0.159. The van der Waals surface area contributed by atoms with E-state index in [9.17, 15) is 14.7 Å². The molecule has 4 rings (SSSR count). The van der Waals surface area contributed by atoms with Gasteiger partial charge in [-0.25, -0.2) is 4.79 Å². The van der Waals surface area contributed by atoms with Crippen LogP contribution in [0.5, 0.6) is 5.75 Å². The van der Waals surface area contributed by atoms with Crippen LogP contribution in [0, 0.1) is 0 Å². The number of ether oxygens (including phenoxy) is 1. The van der Waals surface area contributed by atoms with Gasteiger partial charge in [0, 0.05) is 23.9 Å². The molecule has 0 saturated carbocycles. The van der Waals surface area contributed by atoms with Gasteiger partial charge in [0.1, 0.15) is 17.1 Å². The monoisotopic (exact) mass is 449 g/mol. The molecule has 1 saturated heterocycles. The first kappa shape index (κ1) is 23.1. The average Bonchev–Trinajstić information content (AvgIpc) is 3.47. The van der Waals surface area contributed by atoms with Gasteiger partial charge in [-0.2, -0.15) is 0 Å². The molecule has 0 radical (unpaired) electrons. The molecule has 6 nitrogen and oxygen atoms in total. The molecule has 1 aliphatic rings. The summed E-state index contributed by atoms with van der Waals surface area (Å²) in [6.45, 7) is 6.16. The van der Waals surface area contributed by atoms with Crippen molar-refractivity contribution in [3.63, 3.8) is 0 Å². The summed E-state index contributed by atoms with van der Waals surface area (Å²) in [6, 6.07) is 11.8.